The Hall–Kier alpha value is -2.24. The molecule has 3 rings (SSSR count). The topological polar surface area (TPSA) is 49.9 Å². The Labute approximate surface area is 168 Å². The van der Waals surface area contributed by atoms with Gasteiger partial charge in [0.15, 0.2) is 6.10 Å². The summed E-state index contributed by atoms with van der Waals surface area (Å²) in [5.74, 6) is 0.271. The number of halogens is 2. The van der Waals surface area contributed by atoms with Crippen molar-refractivity contribution < 1.29 is 14.3 Å². The monoisotopic (exact) mass is 406 g/mol. The Morgan fingerprint density at radius 3 is 2.22 bits per heavy atom. The fourth-order valence-electron chi connectivity index (χ4n) is 2.96. The number of amides is 2. The molecule has 2 aromatic rings. The fraction of sp³-hybridized carbons (Fsp3) is 0.300. The van der Waals surface area contributed by atoms with Crippen molar-refractivity contribution in [3.8, 4) is 5.75 Å². The molecule has 27 heavy (non-hydrogen) atoms. The van der Waals surface area contributed by atoms with Crippen molar-refractivity contribution in [2.75, 3.05) is 26.2 Å². The van der Waals surface area contributed by atoms with E-state index >= 15 is 0 Å². The second kappa shape index (κ2) is 8.63. The van der Waals surface area contributed by atoms with Gasteiger partial charge in [-0.3, -0.25) is 9.59 Å². The summed E-state index contributed by atoms with van der Waals surface area (Å²) in [6.07, 6.45) is -0.681. The number of rotatable bonds is 4. The number of carbonyl (C=O) groups is 2. The number of hydrogen-bond acceptors (Lipinski definition) is 3. The minimum Gasteiger partial charge on any atom is -0.479 e. The van der Waals surface area contributed by atoms with E-state index in [-0.39, 0.29) is 11.8 Å². The minimum atomic E-state index is -0.681. The van der Waals surface area contributed by atoms with Gasteiger partial charge in [-0.05, 0) is 37.3 Å². The molecule has 0 radical (unpaired) electrons. The quantitative estimate of drug-likeness (QED) is 0.776. The third-order valence-corrected chi connectivity index (χ3v) is 4.98. The predicted octanol–water partition coefficient (Wildman–Crippen LogP) is 3.75. The van der Waals surface area contributed by atoms with Crippen LogP contribution < -0.4 is 4.74 Å². The molecular weight excluding hydrogens is 387 g/mol. The first-order chi connectivity index (χ1) is 13.0. The Morgan fingerprint density at radius 1 is 0.963 bits per heavy atom. The molecule has 1 atom stereocenters. The van der Waals surface area contributed by atoms with E-state index < -0.39 is 6.10 Å². The highest BCUT2D eigenvalue weighted by Crippen LogP contribution is 2.28. The summed E-state index contributed by atoms with van der Waals surface area (Å²) in [5, 5.41) is 0.867. The third-order valence-electron chi connectivity index (χ3n) is 4.44. The van der Waals surface area contributed by atoms with Gasteiger partial charge in [-0.1, -0.05) is 41.4 Å². The normalized spacial score (nSPS) is 15.4. The maximum Gasteiger partial charge on any atom is 0.263 e. The minimum absolute atomic E-state index is 0.0139. The molecule has 2 amide bonds. The molecule has 0 saturated carbocycles. The van der Waals surface area contributed by atoms with Crippen LogP contribution in [0.3, 0.4) is 0 Å². The zero-order valence-corrected chi connectivity index (χ0v) is 16.4. The van der Waals surface area contributed by atoms with Crippen molar-refractivity contribution in [3.05, 3.63) is 64.1 Å². The van der Waals surface area contributed by atoms with Crippen molar-refractivity contribution in [1.82, 2.24) is 9.80 Å². The number of hydrogen-bond donors (Lipinski definition) is 0. The number of piperazine rings is 1. The van der Waals surface area contributed by atoms with Crippen molar-refractivity contribution >= 4 is 35.0 Å². The SMILES string of the molecule is CC(Oc1ccc(Cl)cc1Cl)C(=O)N1CCN(C(=O)c2ccccc2)CC1. The van der Waals surface area contributed by atoms with Gasteiger partial charge in [-0.15, -0.1) is 0 Å². The lowest BCUT2D eigenvalue weighted by Crippen LogP contribution is -2.53. The van der Waals surface area contributed by atoms with E-state index in [0.717, 1.165) is 0 Å². The number of ether oxygens (including phenoxy) is 1. The molecule has 1 aliphatic rings. The van der Waals surface area contributed by atoms with E-state index in [4.69, 9.17) is 27.9 Å². The molecule has 1 unspecified atom stereocenters. The van der Waals surface area contributed by atoms with E-state index in [0.29, 0.717) is 47.5 Å². The van der Waals surface area contributed by atoms with Gasteiger partial charge in [0.2, 0.25) is 0 Å². The smallest absolute Gasteiger partial charge is 0.263 e. The van der Waals surface area contributed by atoms with Gasteiger partial charge in [0.25, 0.3) is 11.8 Å². The Balaban J connectivity index is 1.55. The molecule has 1 aliphatic heterocycles. The van der Waals surface area contributed by atoms with Gasteiger partial charge in [0.05, 0.1) is 5.02 Å². The first kappa shape index (κ1) is 19.5. The van der Waals surface area contributed by atoms with Crippen LogP contribution in [0.2, 0.25) is 10.0 Å². The van der Waals surface area contributed by atoms with Gasteiger partial charge >= 0.3 is 0 Å². The Bertz CT molecular complexity index is 821. The highest BCUT2D eigenvalue weighted by molar-refractivity contribution is 6.35. The van der Waals surface area contributed by atoms with E-state index in [2.05, 4.69) is 0 Å². The van der Waals surface area contributed by atoms with Gasteiger partial charge in [0.1, 0.15) is 5.75 Å². The largest absolute Gasteiger partial charge is 0.479 e. The van der Waals surface area contributed by atoms with Crippen molar-refractivity contribution in [1.29, 1.82) is 0 Å². The molecular formula is C20H20Cl2N2O3. The van der Waals surface area contributed by atoms with E-state index in [1.807, 2.05) is 18.2 Å². The first-order valence-corrected chi connectivity index (χ1v) is 9.46. The van der Waals surface area contributed by atoms with E-state index in [1.165, 1.54) is 0 Å². The highest BCUT2D eigenvalue weighted by atomic mass is 35.5. The van der Waals surface area contributed by atoms with Crippen LogP contribution in [-0.2, 0) is 4.79 Å². The summed E-state index contributed by atoms with van der Waals surface area (Å²) < 4.78 is 5.70. The fourth-order valence-corrected chi connectivity index (χ4v) is 3.42. The predicted molar refractivity (Wildman–Crippen MR) is 105 cm³/mol. The Morgan fingerprint density at radius 2 is 1.59 bits per heavy atom. The van der Waals surface area contributed by atoms with Crippen LogP contribution in [-0.4, -0.2) is 53.9 Å². The molecule has 2 aromatic carbocycles. The molecule has 0 aromatic heterocycles. The molecule has 0 aliphatic carbocycles. The van der Waals surface area contributed by atoms with Crippen LogP contribution >= 0.6 is 23.2 Å². The molecule has 0 N–H and O–H groups in total. The second-order valence-electron chi connectivity index (χ2n) is 6.32. The standard InChI is InChI=1S/C20H20Cl2N2O3/c1-14(27-18-8-7-16(21)13-17(18)22)19(25)23-9-11-24(12-10-23)20(26)15-5-3-2-4-6-15/h2-8,13-14H,9-12H2,1H3. The average Bonchev–Trinajstić information content (AvgIpc) is 2.69. The maximum absolute atomic E-state index is 12.7. The molecule has 0 bridgehead atoms. The van der Waals surface area contributed by atoms with Gasteiger partial charge in [0, 0.05) is 36.8 Å². The van der Waals surface area contributed by atoms with Gasteiger partial charge < -0.3 is 14.5 Å². The van der Waals surface area contributed by atoms with Crippen LogP contribution in [0.15, 0.2) is 48.5 Å². The number of benzene rings is 2. The van der Waals surface area contributed by atoms with Gasteiger partial charge in [-0.2, -0.15) is 0 Å². The van der Waals surface area contributed by atoms with E-state index in [1.54, 1.807) is 47.1 Å². The summed E-state index contributed by atoms with van der Waals surface area (Å²) in [7, 11) is 0. The molecule has 1 heterocycles. The molecule has 1 saturated heterocycles. The Kier molecular flexibility index (Phi) is 6.24. The third kappa shape index (κ3) is 4.73. The average molecular weight is 407 g/mol. The van der Waals surface area contributed by atoms with Crippen LogP contribution in [0.1, 0.15) is 17.3 Å². The zero-order chi connectivity index (χ0) is 19.4. The van der Waals surface area contributed by atoms with E-state index in [9.17, 15) is 9.59 Å². The summed E-state index contributed by atoms with van der Waals surface area (Å²) in [6.45, 7) is 3.62. The van der Waals surface area contributed by atoms with Crippen molar-refractivity contribution in [2.24, 2.45) is 0 Å². The van der Waals surface area contributed by atoms with Crippen LogP contribution in [0.25, 0.3) is 0 Å². The lowest BCUT2D eigenvalue weighted by Gasteiger charge is -2.36. The van der Waals surface area contributed by atoms with Crippen LogP contribution in [0.4, 0.5) is 0 Å². The molecule has 0 spiro atoms. The first-order valence-electron chi connectivity index (χ1n) is 8.70. The van der Waals surface area contributed by atoms with Crippen molar-refractivity contribution in [3.63, 3.8) is 0 Å². The molecule has 5 nitrogen and oxygen atoms in total. The lowest BCUT2D eigenvalue weighted by molar-refractivity contribution is -0.139. The second-order valence-corrected chi connectivity index (χ2v) is 7.16. The molecule has 142 valence electrons. The summed E-state index contributed by atoms with van der Waals surface area (Å²) in [4.78, 5) is 28.6. The zero-order valence-electron chi connectivity index (χ0n) is 14.9. The van der Waals surface area contributed by atoms with Crippen LogP contribution in [0.5, 0.6) is 5.75 Å². The number of nitrogens with zero attached hydrogens (tertiary/aromatic N) is 2. The maximum atomic E-state index is 12.7. The summed E-state index contributed by atoms with van der Waals surface area (Å²) >= 11 is 12.0. The van der Waals surface area contributed by atoms with Crippen LogP contribution in [0, 0.1) is 0 Å². The molecule has 1 fully saturated rings. The highest BCUT2D eigenvalue weighted by Gasteiger charge is 2.28. The number of carbonyl (C=O) groups excluding carboxylic acids is 2. The lowest BCUT2D eigenvalue weighted by atomic mass is 10.2. The molecule has 7 heteroatoms. The summed E-state index contributed by atoms with van der Waals surface area (Å²) in [6, 6.07) is 14.0. The van der Waals surface area contributed by atoms with Crippen molar-refractivity contribution in [2.45, 2.75) is 13.0 Å². The summed E-state index contributed by atoms with van der Waals surface area (Å²) in [5.41, 5.74) is 0.659. The van der Waals surface area contributed by atoms with Gasteiger partial charge in [-0.25, -0.2) is 0 Å².